The summed E-state index contributed by atoms with van der Waals surface area (Å²) in [5, 5.41) is 0. The minimum Gasteiger partial charge on any atom is -0.459 e. The first-order valence-electron chi connectivity index (χ1n) is 14.3. The van der Waals surface area contributed by atoms with E-state index in [1.807, 2.05) is 52.0 Å². The van der Waals surface area contributed by atoms with Crippen molar-refractivity contribution in [3.05, 3.63) is 29.8 Å². The molecular formula is C30H47BO4. The standard InChI is InChI=1S/C30H47BO4/c1-6-7-8-9-22-10-12-23(13-11-22)24-16-20-27(21-17-24)33-28(32)25-14-18-26(19-15-25)31-34-29(2,3)30(4,5)35-31/h14-15,18-19,22-24,27H,6-13,16-17,20-21H2,1-5H3. The minimum atomic E-state index is -0.410. The zero-order valence-electron chi connectivity index (χ0n) is 22.8. The molecule has 1 saturated heterocycles. The molecule has 4 rings (SSSR count). The van der Waals surface area contributed by atoms with Gasteiger partial charge in [-0.2, -0.15) is 0 Å². The van der Waals surface area contributed by atoms with Crippen LogP contribution in [0, 0.1) is 17.8 Å². The van der Waals surface area contributed by atoms with Gasteiger partial charge < -0.3 is 14.0 Å². The Hall–Kier alpha value is -1.33. The molecule has 1 aromatic rings. The van der Waals surface area contributed by atoms with Gasteiger partial charge in [-0.1, -0.05) is 57.6 Å². The van der Waals surface area contributed by atoms with Crippen molar-refractivity contribution in [3.8, 4) is 0 Å². The molecule has 194 valence electrons. The second-order valence-electron chi connectivity index (χ2n) is 12.4. The number of carbonyl (C=O) groups is 1. The zero-order chi connectivity index (χ0) is 25.1. The van der Waals surface area contributed by atoms with Gasteiger partial charge in [-0.05, 0) is 102 Å². The van der Waals surface area contributed by atoms with E-state index in [9.17, 15) is 4.79 Å². The molecular weight excluding hydrogens is 435 g/mol. The van der Waals surface area contributed by atoms with E-state index in [1.165, 1.54) is 64.2 Å². The summed E-state index contributed by atoms with van der Waals surface area (Å²) in [5.41, 5.74) is 0.791. The van der Waals surface area contributed by atoms with Crippen molar-refractivity contribution >= 4 is 18.6 Å². The van der Waals surface area contributed by atoms with Crippen LogP contribution in [0.4, 0.5) is 0 Å². The van der Waals surface area contributed by atoms with E-state index in [1.54, 1.807) is 0 Å². The number of unbranched alkanes of at least 4 members (excludes halogenated alkanes) is 2. The molecule has 0 amide bonds. The fourth-order valence-electron chi connectivity index (χ4n) is 6.28. The first kappa shape index (κ1) is 26.7. The predicted molar refractivity (Wildman–Crippen MR) is 143 cm³/mol. The largest absolute Gasteiger partial charge is 0.494 e. The van der Waals surface area contributed by atoms with Crippen LogP contribution in [0.3, 0.4) is 0 Å². The van der Waals surface area contributed by atoms with Crippen LogP contribution >= 0.6 is 0 Å². The molecule has 5 heteroatoms. The molecule has 0 spiro atoms. The molecule has 35 heavy (non-hydrogen) atoms. The number of esters is 1. The SMILES string of the molecule is CCCCCC1CCC(C2CCC(OC(=O)c3ccc(B4OC(C)(C)C(C)(C)O4)cc3)CC2)CC1. The Bertz CT molecular complexity index is 801. The van der Waals surface area contributed by atoms with Crippen LogP contribution in [0.15, 0.2) is 24.3 Å². The van der Waals surface area contributed by atoms with Gasteiger partial charge in [-0.3, -0.25) is 0 Å². The Labute approximate surface area is 214 Å². The van der Waals surface area contributed by atoms with Crippen molar-refractivity contribution in [3.63, 3.8) is 0 Å². The van der Waals surface area contributed by atoms with Gasteiger partial charge in [0.2, 0.25) is 0 Å². The van der Waals surface area contributed by atoms with Crippen molar-refractivity contribution < 1.29 is 18.8 Å². The van der Waals surface area contributed by atoms with E-state index in [-0.39, 0.29) is 23.3 Å². The molecule has 0 bridgehead atoms. The van der Waals surface area contributed by atoms with E-state index < -0.39 is 7.12 Å². The third-order valence-corrected chi connectivity index (χ3v) is 9.44. The molecule has 0 atom stereocenters. The van der Waals surface area contributed by atoms with Crippen molar-refractivity contribution in [2.45, 2.75) is 129 Å². The molecule has 3 fully saturated rings. The second kappa shape index (κ2) is 11.4. The average molecular weight is 483 g/mol. The lowest BCUT2D eigenvalue weighted by Gasteiger charge is -2.37. The fourth-order valence-corrected chi connectivity index (χ4v) is 6.28. The monoisotopic (exact) mass is 482 g/mol. The Kier molecular flexibility index (Phi) is 8.69. The number of rotatable bonds is 8. The smallest absolute Gasteiger partial charge is 0.459 e. The van der Waals surface area contributed by atoms with Crippen molar-refractivity contribution in [2.24, 2.45) is 17.8 Å². The molecule has 1 aliphatic heterocycles. The lowest BCUT2D eigenvalue weighted by Crippen LogP contribution is -2.41. The zero-order valence-corrected chi connectivity index (χ0v) is 22.8. The molecule has 0 N–H and O–H groups in total. The lowest BCUT2D eigenvalue weighted by molar-refractivity contribution is 0.00578. The van der Waals surface area contributed by atoms with Gasteiger partial charge in [-0.15, -0.1) is 0 Å². The van der Waals surface area contributed by atoms with Gasteiger partial charge in [0, 0.05) is 0 Å². The normalized spacial score (nSPS) is 30.3. The highest BCUT2D eigenvalue weighted by Gasteiger charge is 2.51. The average Bonchev–Trinajstić information content (AvgIpc) is 3.07. The van der Waals surface area contributed by atoms with Gasteiger partial charge in [0.05, 0.1) is 16.8 Å². The molecule has 4 nitrogen and oxygen atoms in total. The highest BCUT2D eigenvalue weighted by atomic mass is 16.7. The molecule has 0 radical (unpaired) electrons. The molecule has 3 aliphatic rings. The van der Waals surface area contributed by atoms with Crippen molar-refractivity contribution in [2.75, 3.05) is 0 Å². The number of carbonyl (C=O) groups excluding carboxylic acids is 1. The summed E-state index contributed by atoms with van der Waals surface area (Å²) < 4.78 is 18.2. The van der Waals surface area contributed by atoms with Crippen LogP contribution in [0.25, 0.3) is 0 Å². The molecule has 0 unspecified atom stereocenters. The van der Waals surface area contributed by atoms with Crippen LogP contribution in [0.5, 0.6) is 0 Å². The molecule has 1 aromatic carbocycles. The second-order valence-corrected chi connectivity index (χ2v) is 12.4. The van der Waals surface area contributed by atoms with Crippen LogP contribution in [-0.4, -0.2) is 30.4 Å². The predicted octanol–water partition coefficient (Wildman–Crippen LogP) is 7.09. The fraction of sp³-hybridized carbons (Fsp3) is 0.767. The van der Waals surface area contributed by atoms with E-state index in [0.717, 1.165) is 36.1 Å². The van der Waals surface area contributed by atoms with Crippen LogP contribution in [0.2, 0.25) is 0 Å². The topological polar surface area (TPSA) is 44.8 Å². The molecule has 2 aliphatic carbocycles. The highest BCUT2D eigenvalue weighted by Crippen LogP contribution is 2.42. The summed E-state index contributed by atoms with van der Waals surface area (Å²) in [5.74, 6) is 2.50. The Morgan fingerprint density at radius 3 is 1.94 bits per heavy atom. The highest BCUT2D eigenvalue weighted by molar-refractivity contribution is 6.62. The maximum atomic E-state index is 12.8. The number of hydrogen-bond donors (Lipinski definition) is 0. The van der Waals surface area contributed by atoms with Gasteiger partial charge in [0.15, 0.2) is 0 Å². The summed E-state index contributed by atoms with van der Waals surface area (Å²) in [7, 11) is -0.410. The first-order valence-corrected chi connectivity index (χ1v) is 14.3. The van der Waals surface area contributed by atoms with Gasteiger partial charge >= 0.3 is 13.1 Å². The third-order valence-electron chi connectivity index (χ3n) is 9.44. The van der Waals surface area contributed by atoms with E-state index >= 15 is 0 Å². The van der Waals surface area contributed by atoms with Crippen molar-refractivity contribution in [1.29, 1.82) is 0 Å². The van der Waals surface area contributed by atoms with E-state index in [0.29, 0.717) is 5.56 Å². The summed E-state index contributed by atoms with van der Waals surface area (Å²) in [6, 6.07) is 7.53. The maximum absolute atomic E-state index is 12.8. The maximum Gasteiger partial charge on any atom is 0.494 e. The Morgan fingerprint density at radius 1 is 0.857 bits per heavy atom. The molecule has 1 heterocycles. The van der Waals surface area contributed by atoms with Gasteiger partial charge in [-0.25, -0.2) is 4.79 Å². The van der Waals surface area contributed by atoms with Gasteiger partial charge in [0.1, 0.15) is 6.10 Å². The summed E-state index contributed by atoms with van der Waals surface area (Å²) >= 11 is 0. The number of hydrogen-bond acceptors (Lipinski definition) is 4. The summed E-state index contributed by atoms with van der Waals surface area (Å²) in [6.07, 6.45) is 15.8. The van der Waals surface area contributed by atoms with E-state index in [2.05, 4.69) is 6.92 Å². The van der Waals surface area contributed by atoms with Crippen LogP contribution in [0.1, 0.15) is 122 Å². The summed E-state index contributed by atoms with van der Waals surface area (Å²) in [4.78, 5) is 12.8. The van der Waals surface area contributed by atoms with Crippen LogP contribution in [-0.2, 0) is 14.0 Å². The first-order chi connectivity index (χ1) is 16.7. The number of benzene rings is 1. The molecule has 2 saturated carbocycles. The van der Waals surface area contributed by atoms with Crippen molar-refractivity contribution in [1.82, 2.24) is 0 Å². The quantitative estimate of drug-likeness (QED) is 0.225. The van der Waals surface area contributed by atoms with E-state index in [4.69, 9.17) is 14.0 Å². The Balaban J connectivity index is 1.20. The number of ether oxygens (including phenoxy) is 1. The lowest BCUT2D eigenvalue weighted by atomic mass is 9.70. The van der Waals surface area contributed by atoms with Crippen LogP contribution < -0.4 is 5.46 Å². The Morgan fingerprint density at radius 2 is 1.40 bits per heavy atom. The summed E-state index contributed by atoms with van der Waals surface area (Å²) in [6.45, 7) is 10.5. The third kappa shape index (κ3) is 6.52. The molecule has 0 aromatic heterocycles. The van der Waals surface area contributed by atoms with Gasteiger partial charge in [0.25, 0.3) is 0 Å². The minimum absolute atomic E-state index is 0.0620.